The van der Waals surface area contributed by atoms with Gasteiger partial charge in [-0.15, -0.1) is 0 Å². The highest BCUT2D eigenvalue weighted by Gasteiger charge is 2.35. The third-order valence-electron chi connectivity index (χ3n) is 24.4. The fraction of sp³-hybridized carbons (Fsp3) is 0.0177. The second kappa shape index (κ2) is 28.8. The van der Waals surface area contributed by atoms with Gasteiger partial charge in [-0.25, -0.2) is 34.9 Å². The Labute approximate surface area is 702 Å². The normalized spacial score (nSPS) is 13.0. The lowest BCUT2D eigenvalue weighted by Crippen LogP contribution is -2.12. The highest BCUT2D eigenvalue weighted by Crippen LogP contribution is 2.52. The van der Waals surface area contributed by atoms with Gasteiger partial charge in [-0.2, -0.15) is 0 Å². The highest BCUT2D eigenvalue weighted by atomic mass is 16.5. The minimum absolute atomic E-state index is 0.0639. The number of nitrogens with zero attached hydrogens (tertiary/aromatic N) is 7. The molecule has 1 unspecified atom stereocenters. The molecule has 9 heteroatoms. The summed E-state index contributed by atoms with van der Waals surface area (Å²) < 4.78 is 13.9. The van der Waals surface area contributed by atoms with Gasteiger partial charge in [0.05, 0.1) is 22.4 Å². The Balaban J connectivity index is 0.524. The van der Waals surface area contributed by atoms with Crippen molar-refractivity contribution in [2.24, 2.45) is 0 Å². The van der Waals surface area contributed by atoms with Crippen molar-refractivity contribution in [2.75, 3.05) is 0 Å². The highest BCUT2D eigenvalue weighted by molar-refractivity contribution is 6.24. The Hall–Kier alpha value is -16.2. The fourth-order valence-electron chi connectivity index (χ4n) is 18.3. The van der Waals surface area contributed by atoms with E-state index in [0.717, 1.165) is 211 Å². The summed E-state index contributed by atoms with van der Waals surface area (Å²) in [6, 6.07) is 135. The molecule has 0 spiro atoms. The van der Waals surface area contributed by atoms with Gasteiger partial charge in [0.15, 0.2) is 34.6 Å². The molecule has 0 N–H and O–H groups in total. The van der Waals surface area contributed by atoms with Crippen molar-refractivity contribution in [2.45, 2.75) is 12.5 Å². The van der Waals surface area contributed by atoms with E-state index in [2.05, 4.69) is 328 Å². The lowest BCUT2D eigenvalue weighted by molar-refractivity contribution is 0.279. The fourth-order valence-corrected chi connectivity index (χ4v) is 18.3. The van der Waals surface area contributed by atoms with E-state index in [4.69, 9.17) is 44.0 Å². The van der Waals surface area contributed by atoms with Crippen molar-refractivity contribution in [1.29, 1.82) is 0 Å². The molecule has 568 valence electrons. The maximum Gasteiger partial charge on any atom is 0.164 e. The number of hydrogen-bond donors (Lipinski definition) is 0. The molecule has 24 rings (SSSR count). The van der Waals surface area contributed by atoms with Crippen LogP contribution < -0.4 is 4.74 Å². The summed E-state index contributed by atoms with van der Waals surface area (Å²) in [6.07, 6.45) is 7.31. The number of furan rings is 1. The molecule has 0 saturated carbocycles. The van der Waals surface area contributed by atoms with Crippen LogP contribution in [0.15, 0.2) is 405 Å². The number of allylic oxidation sites excluding steroid dienone is 2. The van der Waals surface area contributed by atoms with E-state index in [0.29, 0.717) is 23.3 Å². The molecule has 22 aromatic rings. The lowest BCUT2D eigenvalue weighted by Gasteiger charge is -2.15. The van der Waals surface area contributed by atoms with Gasteiger partial charge < -0.3 is 9.15 Å². The Morgan fingerprint density at radius 1 is 0.254 bits per heavy atom. The van der Waals surface area contributed by atoms with Gasteiger partial charge in [-0.3, -0.25) is 0 Å². The molecule has 2 aliphatic rings. The van der Waals surface area contributed by atoms with Crippen LogP contribution in [0.2, 0.25) is 0 Å². The number of aromatic nitrogens is 7. The molecule has 1 aliphatic carbocycles. The van der Waals surface area contributed by atoms with E-state index < -0.39 is 0 Å². The third-order valence-corrected chi connectivity index (χ3v) is 24.4. The van der Waals surface area contributed by atoms with Crippen LogP contribution in [0.25, 0.3) is 239 Å². The summed E-state index contributed by atoms with van der Waals surface area (Å²) in [5.74, 6) is 3.32. The molecular weight excluding hydrogens is 1490 g/mol. The van der Waals surface area contributed by atoms with E-state index in [-0.39, 0.29) is 6.10 Å². The summed E-state index contributed by atoms with van der Waals surface area (Å²) in [4.78, 5) is 36.9. The number of ether oxygens (including phenoxy) is 1. The molecule has 122 heavy (non-hydrogen) atoms. The number of hydrogen-bond acceptors (Lipinski definition) is 9. The second-order valence-corrected chi connectivity index (χ2v) is 31.6. The molecule has 1 atom stereocenters. The van der Waals surface area contributed by atoms with E-state index >= 15 is 0 Å². The number of benzene rings is 17. The van der Waals surface area contributed by atoms with Crippen LogP contribution in [0.1, 0.15) is 12.0 Å². The molecule has 9 nitrogen and oxygen atoms in total. The van der Waals surface area contributed by atoms with E-state index in [1.165, 1.54) is 21.7 Å². The molecule has 0 amide bonds. The van der Waals surface area contributed by atoms with Crippen molar-refractivity contribution >= 4 is 92.4 Å². The van der Waals surface area contributed by atoms with Gasteiger partial charge in [-0.1, -0.05) is 352 Å². The molecule has 17 aromatic carbocycles. The van der Waals surface area contributed by atoms with Crippen molar-refractivity contribution < 1.29 is 9.15 Å². The first-order valence-electron chi connectivity index (χ1n) is 41.4. The molecule has 6 heterocycles. The lowest BCUT2D eigenvalue weighted by atomic mass is 9.90. The standard InChI is InChI=1S/C113H69N7O2/c1-4-21-73(22-5-1)98-67-99(117-110(116-98)75-23-6-2-7-24-75)74-49-43-70(44-50-74)79-28-20-29-80(61-79)83-57-60-93-101(66-83)115-107(109-105(93)95-36-17-19-38-103(95)122-109)97-64-85-62-81(55-58-87(85)89-32-13-15-34-91(89)97)71-41-39-68(40-42-71)69-45-51-77(52-46-69)112-118-111(76-25-8-3-9-26-76)119-113(120-112)78-53-47-72(48-54-78)82-56-59-92-100(65-82)114-106(108-104(92)94-35-16-18-37-102(94)121-108)96-63-84-27-10-11-30-86(84)88-31-12-14-33-90(88)96/h1-36,38-67,102H,37H2. The van der Waals surface area contributed by atoms with E-state index in [1.807, 2.05) is 72.8 Å². The predicted octanol–water partition coefficient (Wildman–Crippen LogP) is 29.0. The quantitative estimate of drug-likeness (QED) is 0.104. The van der Waals surface area contributed by atoms with Gasteiger partial charge in [0.2, 0.25) is 0 Å². The zero-order valence-electron chi connectivity index (χ0n) is 65.8. The van der Waals surface area contributed by atoms with Gasteiger partial charge >= 0.3 is 0 Å². The first-order valence-corrected chi connectivity index (χ1v) is 41.4. The van der Waals surface area contributed by atoms with Crippen molar-refractivity contribution in [3.8, 4) is 152 Å². The second-order valence-electron chi connectivity index (χ2n) is 31.6. The summed E-state index contributed by atoms with van der Waals surface area (Å²) >= 11 is 0. The SMILES string of the molecule is C1=CCC2Oc3c(-c4cc5ccccc5c5ccccc45)nc4cc(-c5ccc(-c6nc(-c7ccccc7)nc(-c7ccc(-c8ccc(-c9ccc%10c(c9)cc(-c9nc%11cc(-c%12cccc(-c%13ccc(-c%14cc(-c%15ccccc%15)nc(-c%15ccccc%15)n%14)cc%13)c%12)ccc%11c%11c9oc9ccccc9%11)c9ccccc9%10)cc8)cc7)n6)cc5)ccc4c3C2=C1. The third kappa shape index (κ3) is 12.2. The van der Waals surface area contributed by atoms with Crippen molar-refractivity contribution in [3.63, 3.8) is 0 Å². The van der Waals surface area contributed by atoms with Crippen LogP contribution in [0, 0.1) is 0 Å². The first kappa shape index (κ1) is 70.0. The Morgan fingerprint density at radius 3 is 1.25 bits per heavy atom. The average Bonchev–Trinajstić information content (AvgIpc) is 1.59. The van der Waals surface area contributed by atoms with Crippen LogP contribution in [0.3, 0.4) is 0 Å². The summed E-state index contributed by atoms with van der Waals surface area (Å²) in [5.41, 5.74) is 27.7. The Morgan fingerprint density at radius 2 is 0.648 bits per heavy atom. The van der Waals surface area contributed by atoms with Crippen LogP contribution in [-0.4, -0.2) is 41.0 Å². The minimum Gasteiger partial charge on any atom is -0.482 e. The zero-order chi connectivity index (χ0) is 80.3. The maximum atomic E-state index is 6.97. The van der Waals surface area contributed by atoms with Gasteiger partial charge in [0.1, 0.15) is 23.1 Å². The van der Waals surface area contributed by atoms with Gasteiger partial charge in [-0.05, 0) is 147 Å². The van der Waals surface area contributed by atoms with E-state index in [9.17, 15) is 0 Å². The van der Waals surface area contributed by atoms with Crippen molar-refractivity contribution in [1.82, 2.24) is 34.9 Å². The molecule has 0 fully saturated rings. The van der Waals surface area contributed by atoms with Gasteiger partial charge in [0.25, 0.3) is 0 Å². The summed E-state index contributed by atoms with van der Waals surface area (Å²) in [6.45, 7) is 0. The van der Waals surface area contributed by atoms with Crippen molar-refractivity contribution in [3.05, 3.63) is 406 Å². The van der Waals surface area contributed by atoms with Gasteiger partial charge in [0, 0.05) is 83.6 Å². The molecule has 0 saturated heterocycles. The zero-order valence-corrected chi connectivity index (χ0v) is 65.8. The van der Waals surface area contributed by atoms with Crippen LogP contribution in [0.5, 0.6) is 5.75 Å². The molecule has 0 bridgehead atoms. The number of para-hydroxylation sites is 1. The monoisotopic (exact) mass is 1560 g/mol. The number of rotatable bonds is 13. The van der Waals surface area contributed by atoms with Crippen LogP contribution in [-0.2, 0) is 0 Å². The Bertz CT molecular complexity index is 8030. The average molecular weight is 1560 g/mol. The largest absolute Gasteiger partial charge is 0.482 e. The Kier molecular flexibility index (Phi) is 16.6. The first-order chi connectivity index (χ1) is 60.4. The maximum absolute atomic E-state index is 6.97. The molecule has 5 aromatic heterocycles. The predicted molar refractivity (Wildman–Crippen MR) is 500 cm³/mol. The smallest absolute Gasteiger partial charge is 0.164 e. The summed E-state index contributed by atoms with van der Waals surface area (Å²) in [5, 5.41) is 13.4. The minimum atomic E-state index is -0.0639. The summed E-state index contributed by atoms with van der Waals surface area (Å²) in [7, 11) is 0. The van der Waals surface area contributed by atoms with Crippen LogP contribution in [0.4, 0.5) is 0 Å². The van der Waals surface area contributed by atoms with E-state index in [1.54, 1.807) is 0 Å². The molecule has 1 aliphatic heterocycles. The van der Waals surface area contributed by atoms with Crippen LogP contribution >= 0.6 is 0 Å². The molecular formula is C113H69N7O2. The number of fused-ring (bicyclic) bond motifs is 16. The molecule has 0 radical (unpaired) electrons. The topological polar surface area (TPSA) is 113 Å². The number of pyridine rings is 2.